The molecule has 0 aliphatic rings. The summed E-state index contributed by atoms with van der Waals surface area (Å²) in [4.78, 5) is 0. The Labute approximate surface area is 178 Å². The second kappa shape index (κ2) is 25.0. The van der Waals surface area contributed by atoms with Gasteiger partial charge in [0.1, 0.15) is 0 Å². The average Bonchev–Trinajstić information content (AvgIpc) is 2.70. The highest BCUT2D eigenvalue weighted by Gasteiger charge is 2.03. The molecule has 0 saturated carbocycles. The molecule has 0 spiro atoms. The van der Waals surface area contributed by atoms with Crippen LogP contribution in [0.5, 0.6) is 0 Å². The first-order chi connectivity index (χ1) is 13.8. The van der Waals surface area contributed by atoms with Crippen LogP contribution in [0.3, 0.4) is 0 Å². The standard InChI is InChI=1S/C26H55NO/c1-3-5-7-9-11-12-13-14-15-16-17-18-20-22-24-27-25-26(28)23-21-19-10-8-6-4-2/h26-28H,3-25H2,1-2H3. The van der Waals surface area contributed by atoms with Crippen molar-refractivity contribution in [3.63, 3.8) is 0 Å². The lowest BCUT2D eigenvalue weighted by molar-refractivity contribution is 0.158. The van der Waals surface area contributed by atoms with Crippen molar-refractivity contribution in [1.82, 2.24) is 5.32 Å². The third-order valence-corrected chi connectivity index (χ3v) is 5.98. The molecule has 0 heterocycles. The van der Waals surface area contributed by atoms with Crippen LogP contribution in [0.15, 0.2) is 0 Å². The molecule has 0 aliphatic carbocycles. The van der Waals surface area contributed by atoms with E-state index in [-0.39, 0.29) is 6.10 Å². The van der Waals surface area contributed by atoms with E-state index in [0.717, 1.165) is 19.5 Å². The Kier molecular flexibility index (Phi) is 24.9. The zero-order chi connectivity index (χ0) is 20.5. The van der Waals surface area contributed by atoms with Crippen molar-refractivity contribution in [3.8, 4) is 0 Å². The average molecular weight is 398 g/mol. The van der Waals surface area contributed by atoms with Gasteiger partial charge >= 0.3 is 0 Å². The maximum Gasteiger partial charge on any atom is 0.0664 e. The molecule has 0 aromatic carbocycles. The van der Waals surface area contributed by atoms with Gasteiger partial charge in [0.05, 0.1) is 6.10 Å². The SMILES string of the molecule is CCCCCCCCCCCCCCCCNCC(O)CCCCCCCC. The van der Waals surface area contributed by atoms with Crippen LogP contribution >= 0.6 is 0 Å². The van der Waals surface area contributed by atoms with Crippen molar-refractivity contribution in [3.05, 3.63) is 0 Å². The van der Waals surface area contributed by atoms with E-state index in [0.29, 0.717) is 0 Å². The van der Waals surface area contributed by atoms with Crippen molar-refractivity contribution in [1.29, 1.82) is 0 Å². The summed E-state index contributed by atoms with van der Waals surface area (Å²) in [5.41, 5.74) is 0. The molecule has 0 aromatic heterocycles. The van der Waals surface area contributed by atoms with E-state index in [1.807, 2.05) is 0 Å². The minimum Gasteiger partial charge on any atom is -0.392 e. The molecule has 0 amide bonds. The fourth-order valence-corrected chi connectivity index (χ4v) is 3.98. The first kappa shape index (κ1) is 27.9. The van der Waals surface area contributed by atoms with Crippen molar-refractivity contribution in [2.45, 2.75) is 155 Å². The van der Waals surface area contributed by atoms with Crippen LogP contribution in [0.1, 0.15) is 149 Å². The molecule has 170 valence electrons. The maximum atomic E-state index is 10.0. The highest BCUT2D eigenvalue weighted by Crippen LogP contribution is 2.13. The summed E-state index contributed by atoms with van der Waals surface area (Å²) >= 11 is 0. The van der Waals surface area contributed by atoms with E-state index in [2.05, 4.69) is 19.2 Å². The number of unbranched alkanes of at least 4 members (excludes halogenated alkanes) is 18. The van der Waals surface area contributed by atoms with Gasteiger partial charge in [-0.1, -0.05) is 136 Å². The number of hydrogen-bond donors (Lipinski definition) is 2. The van der Waals surface area contributed by atoms with Gasteiger partial charge in [-0.15, -0.1) is 0 Å². The number of hydrogen-bond acceptors (Lipinski definition) is 2. The minimum absolute atomic E-state index is 0.141. The fourth-order valence-electron chi connectivity index (χ4n) is 3.98. The van der Waals surface area contributed by atoms with Gasteiger partial charge in [0.15, 0.2) is 0 Å². The molecular weight excluding hydrogens is 342 g/mol. The van der Waals surface area contributed by atoms with E-state index in [9.17, 15) is 5.11 Å². The van der Waals surface area contributed by atoms with Crippen molar-refractivity contribution >= 4 is 0 Å². The van der Waals surface area contributed by atoms with Crippen LogP contribution < -0.4 is 5.32 Å². The number of rotatable bonds is 24. The van der Waals surface area contributed by atoms with Crippen molar-refractivity contribution in [2.75, 3.05) is 13.1 Å². The first-order valence-corrected chi connectivity index (χ1v) is 13.2. The van der Waals surface area contributed by atoms with E-state index in [1.165, 1.54) is 128 Å². The predicted molar refractivity (Wildman–Crippen MR) is 127 cm³/mol. The predicted octanol–water partition coefficient (Wildman–Crippen LogP) is 8.17. The molecule has 0 radical (unpaired) electrons. The second-order valence-electron chi connectivity index (χ2n) is 9.01. The molecule has 1 unspecified atom stereocenters. The van der Waals surface area contributed by atoms with Gasteiger partial charge in [-0.25, -0.2) is 0 Å². The molecule has 2 nitrogen and oxygen atoms in total. The van der Waals surface area contributed by atoms with Gasteiger partial charge in [0.2, 0.25) is 0 Å². The molecule has 28 heavy (non-hydrogen) atoms. The third-order valence-electron chi connectivity index (χ3n) is 5.98. The lowest BCUT2D eigenvalue weighted by Crippen LogP contribution is -2.27. The number of nitrogens with one attached hydrogen (secondary N) is 1. The molecule has 2 heteroatoms. The monoisotopic (exact) mass is 397 g/mol. The molecule has 2 N–H and O–H groups in total. The normalized spacial score (nSPS) is 12.5. The molecule has 0 bridgehead atoms. The van der Waals surface area contributed by atoms with Gasteiger partial charge in [-0.05, 0) is 19.4 Å². The Morgan fingerprint density at radius 3 is 1.29 bits per heavy atom. The molecule has 0 rings (SSSR count). The van der Waals surface area contributed by atoms with Gasteiger partial charge < -0.3 is 10.4 Å². The quantitative estimate of drug-likeness (QED) is 0.161. The van der Waals surface area contributed by atoms with Crippen LogP contribution in [-0.2, 0) is 0 Å². The number of aliphatic hydroxyl groups excluding tert-OH is 1. The van der Waals surface area contributed by atoms with Crippen molar-refractivity contribution < 1.29 is 5.11 Å². The summed E-state index contributed by atoms with van der Waals surface area (Å²) in [6.45, 7) is 6.41. The molecule has 0 saturated heterocycles. The molecule has 1 atom stereocenters. The summed E-state index contributed by atoms with van der Waals surface area (Å²) in [5.74, 6) is 0. The Morgan fingerprint density at radius 1 is 0.500 bits per heavy atom. The largest absolute Gasteiger partial charge is 0.392 e. The summed E-state index contributed by atoms with van der Waals surface area (Å²) in [5, 5.41) is 13.4. The highest BCUT2D eigenvalue weighted by molar-refractivity contribution is 4.60. The van der Waals surface area contributed by atoms with Crippen LogP contribution in [0, 0.1) is 0 Å². The summed E-state index contributed by atoms with van der Waals surface area (Å²) < 4.78 is 0. The zero-order valence-electron chi connectivity index (χ0n) is 19.8. The highest BCUT2D eigenvalue weighted by atomic mass is 16.3. The topological polar surface area (TPSA) is 32.3 Å². The fraction of sp³-hybridized carbons (Fsp3) is 1.00. The van der Waals surface area contributed by atoms with Crippen LogP contribution in [-0.4, -0.2) is 24.3 Å². The van der Waals surface area contributed by atoms with Crippen LogP contribution in [0.25, 0.3) is 0 Å². The van der Waals surface area contributed by atoms with Crippen LogP contribution in [0.4, 0.5) is 0 Å². The maximum absolute atomic E-state index is 10.0. The molecular formula is C26H55NO. The lowest BCUT2D eigenvalue weighted by Gasteiger charge is -2.11. The van der Waals surface area contributed by atoms with E-state index < -0.39 is 0 Å². The van der Waals surface area contributed by atoms with E-state index in [1.54, 1.807) is 0 Å². The molecule has 0 aliphatic heterocycles. The second-order valence-corrected chi connectivity index (χ2v) is 9.01. The Bertz CT molecular complexity index is 269. The van der Waals surface area contributed by atoms with Gasteiger partial charge in [0.25, 0.3) is 0 Å². The molecule has 0 aromatic rings. The summed E-state index contributed by atoms with van der Waals surface area (Å²) in [6, 6.07) is 0. The van der Waals surface area contributed by atoms with Gasteiger partial charge in [-0.2, -0.15) is 0 Å². The minimum atomic E-state index is -0.141. The van der Waals surface area contributed by atoms with Gasteiger partial charge in [-0.3, -0.25) is 0 Å². The first-order valence-electron chi connectivity index (χ1n) is 13.2. The van der Waals surface area contributed by atoms with Crippen molar-refractivity contribution in [2.24, 2.45) is 0 Å². The van der Waals surface area contributed by atoms with Crippen LogP contribution in [0.2, 0.25) is 0 Å². The molecule has 0 fully saturated rings. The Balaban J connectivity index is 3.09. The van der Waals surface area contributed by atoms with E-state index in [4.69, 9.17) is 0 Å². The number of aliphatic hydroxyl groups is 1. The summed E-state index contributed by atoms with van der Waals surface area (Å²) in [7, 11) is 0. The summed E-state index contributed by atoms with van der Waals surface area (Å²) in [6.07, 6.45) is 28.5. The smallest absolute Gasteiger partial charge is 0.0664 e. The van der Waals surface area contributed by atoms with Gasteiger partial charge in [0, 0.05) is 6.54 Å². The van der Waals surface area contributed by atoms with E-state index >= 15 is 0 Å². The Morgan fingerprint density at radius 2 is 0.857 bits per heavy atom. The third kappa shape index (κ3) is 24.0. The Hall–Kier alpha value is -0.0800. The lowest BCUT2D eigenvalue weighted by atomic mass is 10.0. The zero-order valence-corrected chi connectivity index (χ0v) is 19.8.